The Bertz CT molecular complexity index is 1270. The maximum Gasteiger partial charge on any atom is 0.433 e. The van der Waals surface area contributed by atoms with Gasteiger partial charge in [0.1, 0.15) is 23.7 Å². The molecule has 3 atom stereocenters. The van der Waals surface area contributed by atoms with Crippen LogP contribution in [0, 0.1) is 0 Å². The second kappa shape index (κ2) is 8.20. The van der Waals surface area contributed by atoms with Crippen molar-refractivity contribution in [3.8, 4) is 0 Å². The van der Waals surface area contributed by atoms with Gasteiger partial charge in [0, 0.05) is 13.2 Å². The van der Waals surface area contributed by atoms with Gasteiger partial charge in [0.25, 0.3) is 11.8 Å². The molecule has 1 aliphatic heterocycles. The number of hydrogen-bond acceptors (Lipinski definition) is 6. The number of likely N-dealkylation sites (N-methyl/N-ethyl adjacent to an activating group) is 1. The molecule has 35 heavy (non-hydrogen) atoms. The van der Waals surface area contributed by atoms with Crippen molar-refractivity contribution in [1.29, 1.82) is 0 Å². The third-order valence-electron chi connectivity index (χ3n) is 5.39. The average Bonchev–Trinajstić information content (AvgIpc) is 3.34. The van der Waals surface area contributed by atoms with E-state index >= 15 is 0 Å². The van der Waals surface area contributed by atoms with Gasteiger partial charge < -0.3 is 10.2 Å². The molecule has 0 radical (unpaired) electrons. The van der Waals surface area contributed by atoms with Gasteiger partial charge in [0.05, 0.1) is 11.1 Å². The molecule has 15 heteroatoms. The van der Waals surface area contributed by atoms with Crippen LogP contribution in [0.4, 0.5) is 38.0 Å². The Kier molecular flexibility index (Phi) is 5.72. The third kappa shape index (κ3) is 4.27. The number of pyridine rings is 1. The number of aliphatic hydroxyl groups excluding tert-OH is 2. The average molecular weight is 503 g/mol. The Morgan fingerprint density at radius 2 is 1.74 bits per heavy atom. The molecule has 0 spiro atoms. The number of carbonyl (C=O) groups is 2. The topological polar surface area (TPSA) is 111 Å². The normalized spacial score (nSPS) is 21.1. The SMILES string of the molecule is CN(C(=O)C1C(O)C(O)C(=O)N1c1cc(C(F)(F)F)cc(C(F)(F)F)n1)c1ccc2cccn2n1. The summed E-state index contributed by atoms with van der Waals surface area (Å²) in [6.45, 7) is 0. The van der Waals surface area contributed by atoms with Crippen molar-refractivity contribution in [2.75, 3.05) is 16.8 Å². The highest BCUT2D eigenvalue weighted by atomic mass is 19.4. The van der Waals surface area contributed by atoms with Gasteiger partial charge in [-0.15, -0.1) is 5.10 Å². The lowest BCUT2D eigenvalue weighted by Crippen LogP contribution is -2.50. The predicted molar refractivity (Wildman–Crippen MR) is 106 cm³/mol. The lowest BCUT2D eigenvalue weighted by atomic mass is 10.1. The van der Waals surface area contributed by atoms with Crippen LogP contribution in [0.25, 0.3) is 5.52 Å². The van der Waals surface area contributed by atoms with Gasteiger partial charge in [-0.05, 0) is 36.4 Å². The van der Waals surface area contributed by atoms with Gasteiger partial charge in [0.15, 0.2) is 11.9 Å². The second-order valence-electron chi connectivity index (χ2n) is 7.65. The molecular weight excluding hydrogens is 488 g/mol. The van der Waals surface area contributed by atoms with E-state index in [-0.39, 0.29) is 22.9 Å². The fourth-order valence-corrected chi connectivity index (χ4v) is 3.61. The minimum Gasteiger partial charge on any atom is -0.387 e. The molecule has 2 amide bonds. The number of amides is 2. The van der Waals surface area contributed by atoms with E-state index in [1.165, 1.54) is 17.6 Å². The van der Waals surface area contributed by atoms with Crippen LogP contribution in [0.1, 0.15) is 11.3 Å². The number of rotatable bonds is 3. The zero-order valence-corrected chi connectivity index (χ0v) is 17.5. The number of carbonyl (C=O) groups excluding carboxylic acids is 2. The maximum atomic E-state index is 13.3. The van der Waals surface area contributed by atoms with E-state index in [9.17, 15) is 46.1 Å². The number of alkyl halides is 6. The Hall–Kier alpha value is -3.72. The van der Waals surface area contributed by atoms with Crippen LogP contribution in [0.3, 0.4) is 0 Å². The standard InChI is InChI=1S/C20H15F6N5O4/c1-29(12-5-4-10-3-2-6-30(10)28-12)17(34)14-15(32)16(33)18(35)31(14)13-8-9(19(21,22)23)7-11(27-13)20(24,25)26/h2-8,14-16,32-33H,1H3. The molecule has 186 valence electrons. The van der Waals surface area contributed by atoms with Crippen LogP contribution in [0.2, 0.25) is 0 Å². The fourth-order valence-electron chi connectivity index (χ4n) is 3.61. The van der Waals surface area contributed by atoms with Gasteiger partial charge in [-0.3, -0.25) is 19.4 Å². The molecular formula is C20H15F6N5O4. The molecule has 3 aromatic heterocycles. The van der Waals surface area contributed by atoms with E-state index in [0.29, 0.717) is 5.52 Å². The molecule has 0 bridgehead atoms. The number of halogens is 6. The van der Waals surface area contributed by atoms with Crippen molar-refractivity contribution in [1.82, 2.24) is 14.6 Å². The van der Waals surface area contributed by atoms with Crippen molar-refractivity contribution in [3.05, 3.63) is 53.9 Å². The van der Waals surface area contributed by atoms with Gasteiger partial charge in [-0.25, -0.2) is 9.50 Å². The molecule has 0 aliphatic carbocycles. The molecule has 3 unspecified atom stereocenters. The van der Waals surface area contributed by atoms with Crippen LogP contribution >= 0.6 is 0 Å². The summed E-state index contributed by atoms with van der Waals surface area (Å²) in [4.78, 5) is 29.8. The molecule has 0 aromatic carbocycles. The van der Waals surface area contributed by atoms with Crippen molar-refractivity contribution < 1.29 is 46.1 Å². The Labute approximate surface area is 191 Å². The summed E-state index contributed by atoms with van der Waals surface area (Å²) in [6, 6.07) is 4.09. The minimum absolute atomic E-state index is 0.0207. The van der Waals surface area contributed by atoms with Crippen LogP contribution in [-0.4, -0.2) is 61.9 Å². The molecule has 4 heterocycles. The first-order valence-electron chi connectivity index (χ1n) is 9.78. The Morgan fingerprint density at radius 1 is 1.06 bits per heavy atom. The van der Waals surface area contributed by atoms with Crippen LogP contribution in [-0.2, 0) is 21.9 Å². The molecule has 2 N–H and O–H groups in total. The van der Waals surface area contributed by atoms with Gasteiger partial charge in [0.2, 0.25) is 0 Å². The maximum absolute atomic E-state index is 13.3. The summed E-state index contributed by atoms with van der Waals surface area (Å²) in [6.07, 6.45) is -13.5. The highest BCUT2D eigenvalue weighted by molar-refractivity contribution is 6.10. The van der Waals surface area contributed by atoms with Crippen LogP contribution < -0.4 is 9.80 Å². The van der Waals surface area contributed by atoms with E-state index in [0.717, 1.165) is 4.90 Å². The number of anilines is 2. The first kappa shape index (κ1) is 24.4. The lowest BCUT2D eigenvalue weighted by molar-refractivity contribution is -0.145. The largest absolute Gasteiger partial charge is 0.433 e. The van der Waals surface area contributed by atoms with Crippen molar-refractivity contribution in [3.63, 3.8) is 0 Å². The molecule has 3 aromatic rings. The van der Waals surface area contributed by atoms with Crippen molar-refractivity contribution in [2.45, 2.75) is 30.6 Å². The summed E-state index contributed by atoms with van der Waals surface area (Å²) >= 11 is 0. The summed E-state index contributed by atoms with van der Waals surface area (Å²) < 4.78 is 81.1. The van der Waals surface area contributed by atoms with Crippen molar-refractivity contribution in [2.24, 2.45) is 0 Å². The highest BCUT2D eigenvalue weighted by Crippen LogP contribution is 2.38. The summed E-state index contributed by atoms with van der Waals surface area (Å²) in [5.74, 6) is -3.88. The zero-order valence-electron chi connectivity index (χ0n) is 17.5. The van der Waals surface area contributed by atoms with Crippen molar-refractivity contribution >= 4 is 29.0 Å². The smallest absolute Gasteiger partial charge is 0.387 e. The predicted octanol–water partition coefficient (Wildman–Crippen LogP) is 1.87. The summed E-state index contributed by atoms with van der Waals surface area (Å²) in [7, 11) is 1.17. The van der Waals surface area contributed by atoms with E-state index in [2.05, 4.69) is 10.1 Å². The molecule has 4 rings (SSSR count). The minimum atomic E-state index is -5.33. The lowest BCUT2D eigenvalue weighted by Gasteiger charge is -2.28. The molecule has 1 fully saturated rings. The molecule has 9 nitrogen and oxygen atoms in total. The third-order valence-corrected chi connectivity index (χ3v) is 5.39. The zero-order chi connectivity index (χ0) is 25.9. The Balaban J connectivity index is 1.80. The molecule has 1 saturated heterocycles. The second-order valence-corrected chi connectivity index (χ2v) is 7.65. The molecule has 1 aliphatic rings. The first-order valence-corrected chi connectivity index (χ1v) is 9.78. The molecule has 0 saturated carbocycles. The highest BCUT2D eigenvalue weighted by Gasteiger charge is 2.53. The van der Waals surface area contributed by atoms with Gasteiger partial charge in [-0.1, -0.05) is 0 Å². The fraction of sp³-hybridized carbons (Fsp3) is 0.300. The van der Waals surface area contributed by atoms with E-state index in [1.54, 1.807) is 24.4 Å². The number of nitrogens with zero attached hydrogens (tertiary/aromatic N) is 5. The van der Waals surface area contributed by atoms with Crippen LogP contribution in [0.5, 0.6) is 0 Å². The number of aromatic nitrogens is 3. The summed E-state index contributed by atoms with van der Waals surface area (Å²) in [5, 5.41) is 24.5. The summed E-state index contributed by atoms with van der Waals surface area (Å²) in [5.41, 5.74) is -3.13. The van der Waals surface area contributed by atoms with Gasteiger partial charge >= 0.3 is 12.4 Å². The van der Waals surface area contributed by atoms with E-state index < -0.39 is 59.5 Å². The monoisotopic (exact) mass is 503 g/mol. The quantitative estimate of drug-likeness (QED) is 0.528. The number of fused-ring (bicyclic) bond motifs is 1. The number of hydrogen-bond donors (Lipinski definition) is 2. The van der Waals surface area contributed by atoms with E-state index in [4.69, 9.17) is 0 Å². The van der Waals surface area contributed by atoms with E-state index in [1.807, 2.05) is 0 Å². The first-order chi connectivity index (χ1) is 16.2. The Morgan fingerprint density at radius 3 is 2.37 bits per heavy atom. The van der Waals surface area contributed by atoms with Crippen LogP contribution in [0.15, 0.2) is 42.6 Å². The van der Waals surface area contributed by atoms with Gasteiger partial charge in [-0.2, -0.15) is 26.3 Å². The number of aliphatic hydroxyl groups is 2.